The molecule has 0 atom stereocenters. The van der Waals surface area contributed by atoms with E-state index in [4.69, 9.17) is 4.74 Å². The predicted octanol–water partition coefficient (Wildman–Crippen LogP) is 4.56. The fourth-order valence-electron chi connectivity index (χ4n) is 1.64. The second-order valence-corrected chi connectivity index (χ2v) is 4.22. The molecule has 0 aliphatic rings. The van der Waals surface area contributed by atoms with E-state index in [9.17, 15) is 0 Å². The number of ether oxygens (including phenoxy) is 1. The molecule has 0 rings (SSSR count). The van der Waals surface area contributed by atoms with Crippen LogP contribution >= 0.6 is 0 Å². The molecule has 0 saturated heterocycles. The highest BCUT2D eigenvalue weighted by atomic mass is 16.5. The first-order valence-corrected chi connectivity index (χ1v) is 6.95. The smallest absolute Gasteiger partial charge is 0.107 e. The molecular formula is C15H28O. The SMILES string of the molecule is CCCCCCCCCCC#CCOCC. The molecule has 0 fully saturated rings. The van der Waals surface area contributed by atoms with Crippen LogP contribution in [0.1, 0.15) is 71.6 Å². The minimum Gasteiger partial charge on any atom is -0.369 e. The highest BCUT2D eigenvalue weighted by molar-refractivity contribution is 4.98. The van der Waals surface area contributed by atoms with Crippen LogP contribution in [0.2, 0.25) is 0 Å². The molecule has 0 N–H and O–H groups in total. The Morgan fingerprint density at radius 3 is 2.00 bits per heavy atom. The van der Waals surface area contributed by atoms with Crippen molar-refractivity contribution in [3.05, 3.63) is 0 Å². The third-order valence-corrected chi connectivity index (χ3v) is 2.66. The van der Waals surface area contributed by atoms with Crippen molar-refractivity contribution < 1.29 is 4.74 Å². The third kappa shape index (κ3) is 13.5. The maximum atomic E-state index is 5.14. The molecule has 0 aromatic heterocycles. The quantitative estimate of drug-likeness (QED) is 0.390. The summed E-state index contributed by atoms with van der Waals surface area (Å²) in [5, 5.41) is 0. The number of hydrogen-bond donors (Lipinski definition) is 0. The number of unbranched alkanes of at least 4 members (excludes halogenated alkanes) is 8. The Morgan fingerprint density at radius 1 is 0.750 bits per heavy atom. The van der Waals surface area contributed by atoms with Crippen LogP contribution in [-0.4, -0.2) is 13.2 Å². The fraction of sp³-hybridized carbons (Fsp3) is 0.867. The molecule has 94 valence electrons. The van der Waals surface area contributed by atoms with E-state index in [-0.39, 0.29) is 0 Å². The van der Waals surface area contributed by atoms with Crippen molar-refractivity contribution in [2.24, 2.45) is 0 Å². The molecule has 0 heterocycles. The molecule has 0 aliphatic heterocycles. The van der Waals surface area contributed by atoms with Crippen LogP contribution < -0.4 is 0 Å². The first-order chi connectivity index (χ1) is 7.91. The molecule has 0 aromatic rings. The monoisotopic (exact) mass is 224 g/mol. The van der Waals surface area contributed by atoms with Gasteiger partial charge in [0.25, 0.3) is 0 Å². The van der Waals surface area contributed by atoms with Crippen LogP contribution in [0.25, 0.3) is 0 Å². The van der Waals surface area contributed by atoms with Crippen LogP contribution in [0.5, 0.6) is 0 Å². The zero-order valence-corrected chi connectivity index (χ0v) is 11.2. The third-order valence-electron chi connectivity index (χ3n) is 2.66. The summed E-state index contributed by atoms with van der Waals surface area (Å²) in [6.45, 7) is 5.64. The van der Waals surface area contributed by atoms with Crippen LogP contribution in [-0.2, 0) is 4.74 Å². The van der Waals surface area contributed by atoms with Crippen LogP contribution in [0.4, 0.5) is 0 Å². The predicted molar refractivity (Wildman–Crippen MR) is 71.5 cm³/mol. The minimum absolute atomic E-state index is 0.605. The van der Waals surface area contributed by atoms with E-state index in [1.54, 1.807) is 0 Å². The lowest BCUT2D eigenvalue weighted by atomic mass is 10.1. The van der Waals surface area contributed by atoms with E-state index in [2.05, 4.69) is 18.8 Å². The number of rotatable bonds is 10. The molecule has 1 nitrogen and oxygen atoms in total. The lowest BCUT2D eigenvalue weighted by Crippen LogP contribution is -1.88. The average molecular weight is 224 g/mol. The Morgan fingerprint density at radius 2 is 1.38 bits per heavy atom. The summed E-state index contributed by atoms with van der Waals surface area (Å²) >= 11 is 0. The van der Waals surface area contributed by atoms with Crippen molar-refractivity contribution in [3.63, 3.8) is 0 Å². The van der Waals surface area contributed by atoms with Crippen molar-refractivity contribution in [2.75, 3.05) is 13.2 Å². The Hall–Kier alpha value is -0.480. The van der Waals surface area contributed by atoms with Gasteiger partial charge in [-0.3, -0.25) is 0 Å². The molecular weight excluding hydrogens is 196 g/mol. The van der Waals surface area contributed by atoms with Gasteiger partial charge in [0, 0.05) is 13.0 Å². The lowest BCUT2D eigenvalue weighted by Gasteiger charge is -1.99. The van der Waals surface area contributed by atoms with Gasteiger partial charge in [-0.15, -0.1) is 5.92 Å². The van der Waals surface area contributed by atoms with E-state index < -0.39 is 0 Å². The van der Waals surface area contributed by atoms with Crippen molar-refractivity contribution >= 4 is 0 Å². The minimum atomic E-state index is 0.605. The highest BCUT2D eigenvalue weighted by Crippen LogP contribution is 2.08. The van der Waals surface area contributed by atoms with Crippen molar-refractivity contribution in [3.8, 4) is 11.8 Å². The summed E-state index contributed by atoms with van der Waals surface area (Å²) in [5.74, 6) is 6.19. The van der Waals surface area contributed by atoms with Crippen LogP contribution in [0, 0.1) is 11.8 Å². The van der Waals surface area contributed by atoms with Gasteiger partial charge in [-0.05, 0) is 13.3 Å². The zero-order chi connectivity index (χ0) is 11.9. The van der Waals surface area contributed by atoms with Crippen LogP contribution in [0.3, 0.4) is 0 Å². The fourth-order valence-corrected chi connectivity index (χ4v) is 1.64. The average Bonchev–Trinajstić information content (AvgIpc) is 2.31. The van der Waals surface area contributed by atoms with Gasteiger partial charge in [-0.2, -0.15) is 0 Å². The van der Waals surface area contributed by atoms with Gasteiger partial charge in [-0.1, -0.05) is 57.8 Å². The van der Waals surface area contributed by atoms with E-state index >= 15 is 0 Å². The van der Waals surface area contributed by atoms with Gasteiger partial charge in [0.2, 0.25) is 0 Å². The van der Waals surface area contributed by atoms with Crippen molar-refractivity contribution in [1.29, 1.82) is 0 Å². The van der Waals surface area contributed by atoms with Gasteiger partial charge in [-0.25, -0.2) is 0 Å². The second-order valence-electron chi connectivity index (χ2n) is 4.22. The zero-order valence-electron chi connectivity index (χ0n) is 11.2. The lowest BCUT2D eigenvalue weighted by molar-refractivity contribution is 0.182. The maximum Gasteiger partial charge on any atom is 0.107 e. The Kier molecular flexibility index (Phi) is 14.1. The molecule has 0 radical (unpaired) electrons. The number of hydrogen-bond acceptors (Lipinski definition) is 1. The summed E-state index contributed by atoms with van der Waals surface area (Å²) in [5.41, 5.74) is 0. The first kappa shape index (κ1) is 15.5. The first-order valence-electron chi connectivity index (χ1n) is 6.95. The van der Waals surface area contributed by atoms with E-state index in [1.807, 2.05) is 6.92 Å². The summed E-state index contributed by atoms with van der Waals surface area (Å²) in [4.78, 5) is 0. The molecule has 0 unspecified atom stereocenters. The molecule has 0 saturated carbocycles. The van der Waals surface area contributed by atoms with E-state index in [1.165, 1.54) is 51.4 Å². The van der Waals surface area contributed by atoms with E-state index in [0.717, 1.165) is 13.0 Å². The largest absolute Gasteiger partial charge is 0.369 e. The maximum absolute atomic E-state index is 5.14. The summed E-state index contributed by atoms with van der Waals surface area (Å²) in [6, 6.07) is 0. The molecule has 0 aromatic carbocycles. The van der Waals surface area contributed by atoms with Gasteiger partial charge in [0.05, 0.1) is 0 Å². The molecule has 0 amide bonds. The second kappa shape index (κ2) is 14.5. The Labute approximate surface area is 102 Å². The van der Waals surface area contributed by atoms with Crippen molar-refractivity contribution in [2.45, 2.75) is 71.6 Å². The van der Waals surface area contributed by atoms with Gasteiger partial charge in [0.15, 0.2) is 0 Å². The van der Waals surface area contributed by atoms with Gasteiger partial charge >= 0.3 is 0 Å². The molecule has 0 bridgehead atoms. The topological polar surface area (TPSA) is 9.23 Å². The van der Waals surface area contributed by atoms with Gasteiger partial charge in [0.1, 0.15) is 6.61 Å². The Balaban J connectivity index is 2.99. The Bertz CT molecular complexity index is 176. The van der Waals surface area contributed by atoms with Gasteiger partial charge < -0.3 is 4.74 Å². The molecule has 1 heteroatoms. The summed E-state index contributed by atoms with van der Waals surface area (Å²) in [7, 11) is 0. The van der Waals surface area contributed by atoms with Crippen LogP contribution in [0.15, 0.2) is 0 Å². The summed E-state index contributed by atoms with van der Waals surface area (Å²) < 4.78 is 5.14. The highest BCUT2D eigenvalue weighted by Gasteiger charge is 1.90. The molecule has 16 heavy (non-hydrogen) atoms. The normalized spacial score (nSPS) is 9.88. The van der Waals surface area contributed by atoms with Crippen molar-refractivity contribution in [1.82, 2.24) is 0 Å². The molecule has 0 spiro atoms. The summed E-state index contributed by atoms with van der Waals surface area (Å²) in [6.07, 6.45) is 12.0. The molecule has 0 aliphatic carbocycles. The standard InChI is InChI=1S/C15H28O/c1-3-5-6-7-8-9-10-11-12-13-14-15-16-4-2/h3-12,15H2,1-2H3. The van der Waals surface area contributed by atoms with E-state index in [0.29, 0.717) is 6.61 Å².